The first kappa shape index (κ1) is 48.9. The van der Waals surface area contributed by atoms with Gasteiger partial charge in [0.15, 0.2) is 5.82 Å². The molecule has 1 saturated heterocycles. The van der Waals surface area contributed by atoms with Gasteiger partial charge >= 0.3 is 5.97 Å². The van der Waals surface area contributed by atoms with Gasteiger partial charge in [-0.05, 0) is 80.0 Å². The Labute approximate surface area is 410 Å². The second-order valence-corrected chi connectivity index (χ2v) is 20.8. The third kappa shape index (κ3) is 10.4. The number of aromatic nitrogens is 4. The number of benzene rings is 3. The van der Waals surface area contributed by atoms with E-state index in [9.17, 15) is 24.3 Å². The monoisotopic (exact) mass is 970 g/mol. The first-order valence-electron chi connectivity index (χ1n) is 23.0. The molecule has 0 aliphatic carbocycles. The Morgan fingerprint density at radius 2 is 1.54 bits per heavy atom. The largest absolute Gasteiger partial charge is 0.493 e. The summed E-state index contributed by atoms with van der Waals surface area (Å²) >= 11 is 3.23. The molecule has 3 aromatic heterocycles. The molecule has 8 rings (SSSR count). The number of aliphatic imine (C=N–C) groups is 1. The van der Waals surface area contributed by atoms with Crippen LogP contribution in [-0.4, -0.2) is 97.6 Å². The van der Waals surface area contributed by atoms with Crippen LogP contribution in [0.3, 0.4) is 0 Å². The van der Waals surface area contributed by atoms with Crippen molar-refractivity contribution in [2.45, 2.75) is 105 Å². The van der Waals surface area contributed by atoms with Crippen molar-refractivity contribution in [3.05, 3.63) is 123 Å². The average Bonchev–Trinajstić information content (AvgIpc) is 4.10. The number of hydrogen-bond acceptors (Lipinski definition) is 13. The maximum atomic E-state index is 14.2. The number of likely N-dealkylation sites (tertiary alicyclic amines) is 1. The number of esters is 1. The van der Waals surface area contributed by atoms with Crippen molar-refractivity contribution in [1.29, 1.82) is 0 Å². The highest BCUT2D eigenvalue weighted by Crippen LogP contribution is 2.40. The summed E-state index contributed by atoms with van der Waals surface area (Å²) in [4.78, 5) is 67.0. The first-order valence-corrected chi connectivity index (χ1v) is 24.7. The second kappa shape index (κ2) is 20.2. The molecule has 3 amide bonds. The molecule has 0 radical (unpaired) electrons. The summed E-state index contributed by atoms with van der Waals surface area (Å²) in [7, 11) is 1.37. The number of rotatable bonds is 14. The average molecular weight is 971 g/mol. The van der Waals surface area contributed by atoms with Gasteiger partial charge in [-0.15, -0.1) is 32.9 Å². The number of nitrogens with one attached hydrogen (secondary N) is 2. The fourth-order valence-corrected chi connectivity index (χ4v) is 10.9. The van der Waals surface area contributed by atoms with Crippen LogP contribution in [0.25, 0.3) is 26.6 Å². The molecule has 17 heteroatoms. The molecule has 1 unspecified atom stereocenters. The zero-order chi connectivity index (χ0) is 49.3. The number of β-amino-alcohol motifs (C(OH)–C–C–N with tert-alkyl or cyclic N) is 1. The number of thiophene rings is 1. The number of aliphatic hydroxyl groups excluding tert-OH is 1. The van der Waals surface area contributed by atoms with Crippen LogP contribution in [0.2, 0.25) is 0 Å². The topological polar surface area (TPSA) is 190 Å². The van der Waals surface area contributed by atoms with E-state index in [4.69, 9.17) is 14.5 Å². The molecule has 69 heavy (non-hydrogen) atoms. The SMILES string of the molecule is COC(=O)C[C@@H]1N=C(c2ccc(-c3ccc(OCCC(=O)NC(C(=O)N4C[C@H](O)C[C@H]4C(=O)N[C@@H](C)c4ccc(-c5scnc5C)cc4)C(C)(C)C)cc3)cc2)c2c(sc(C)c2C)-n2c(C)nnc21. The van der Waals surface area contributed by atoms with Gasteiger partial charge in [0, 0.05) is 29.0 Å². The highest BCUT2D eigenvalue weighted by Gasteiger charge is 2.45. The Hall–Kier alpha value is -6.56. The molecule has 360 valence electrons. The van der Waals surface area contributed by atoms with E-state index in [2.05, 4.69) is 39.7 Å². The van der Waals surface area contributed by atoms with Gasteiger partial charge in [0.25, 0.3) is 0 Å². The predicted octanol–water partition coefficient (Wildman–Crippen LogP) is 7.95. The van der Waals surface area contributed by atoms with Gasteiger partial charge in [0.1, 0.15) is 34.7 Å². The Kier molecular flexibility index (Phi) is 14.3. The Morgan fingerprint density at radius 3 is 2.17 bits per heavy atom. The van der Waals surface area contributed by atoms with Crippen molar-refractivity contribution in [3.8, 4) is 32.3 Å². The summed E-state index contributed by atoms with van der Waals surface area (Å²) in [5.74, 6) is 0.335. The van der Waals surface area contributed by atoms with Gasteiger partial charge in [-0.25, -0.2) is 4.98 Å². The number of amides is 3. The Morgan fingerprint density at radius 1 is 0.884 bits per heavy atom. The lowest BCUT2D eigenvalue weighted by Crippen LogP contribution is -2.58. The predicted molar refractivity (Wildman–Crippen MR) is 267 cm³/mol. The standard InChI is InChI=1S/C52H58N8O7S2/c1-28-31(4)69-51-44(28)45(55-40(25-43(63)66-9)48-58-57-32(5)60(48)51)36-14-12-34(13-15-36)35-18-20-39(21-19-35)67-23-22-42(62)56-47(52(6,7)8)50(65)59-26-38(61)24-41(59)49(64)54-29(2)33-10-16-37(17-11-33)46-30(3)53-27-68-46/h10-21,27,29,38,40-41,47,61H,22-26H2,1-9H3,(H,54,64)(H,56,62)/t29-,38+,40-,41-,47?/m0/s1. The van der Waals surface area contributed by atoms with Crippen LogP contribution in [0.15, 0.2) is 83.3 Å². The minimum absolute atomic E-state index is 0.0127. The molecule has 3 N–H and O–H groups in total. The van der Waals surface area contributed by atoms with Gasteiger partial charge in [-0.2, -0.15) is 0 Å². The highest BCUT2D eigenvalue weighted by atomic mass is 32.1. The number of methoxy groups -OCH3 is 1. The lowest BCUT2D eigenvalue weighted by Gasteiger charge is -2.35. The lowest BCUT2D eigenvalue weighted by molar-refractivity contribution is -0.144. The normalized spacial score (nSPS) is 17.5. The zero-order valence-corrected chi connectivity index (χ0v) is 42.0. The van der Waals surface area contributed by atoms with Crippen LogP contribution in [0.5, 0.6) is 5.75 Å². The van der Waals surface area contributed by atoms with Gasteiger partial charge in [0.2, 0.25) is 17.7 Å². The number of ether oxygens (including phenoxy) is 2. The van der Waals surface area contributed by atoms with Gasteiger partial charge in [-0.1, -0.05) is 81.4 Å². The molecule has 15 nitrogen and oxygen atoms in total. The van der Waals surface area contributed by atoms with Crippen molar-refractivity contribution >= 4 is 52.1 Å². The zero-order valence-electron chi connectivity index (χ0n) is 40.3. The Bertz CT molecular complexity index is 2900. The van der Waals surface area contributed by atoms with E-state index in [0.29, 0.717) is 11.6 Å². The van der Waals surface area contributed by atoms with Gasteiger partial charge in [0.05, 0.1) is 60.5 Å². The summed E-state index contributed by atoms with van der Waals surface area (Å²) in [5, 5.41) is 26.4. The molecular weight excluding hydrogens is 913 g/mol. The maximum Gasteiger partial charge on any atom is 0.308 e. The van der Waals surface area contributed by atoms with E-state index in [1.54, 1.807) is 22.7 Å². The van der Waals surface area contributed by atoms with Crippen LogP contribution in [0.1, 0.15) is 104 Å². The summed E-state index contributed by atoms with van der Waals surface area (Å²) in [6.07, 6.45) is -0.779. The first-order chi connectivity index (χ1) is 32.9. The van der Waals surface area contributed by atoms with Crippen molar-refractivity contribution in [2.24, 2.45) is 10.4 Å². The van der Waals surface area contributed by atoms with Gasteiger partial charge < -0.3 is 30.1 Å². The molecule has 0 bridgehead atoms. The molecule has 1 fully saturated rings. The summed E-state index contributed by atoms with van der Waals surface area (Å²) in [6.45, 7) is 15.5. The maximum absolute atomic E-state index is 14.2. The number of fused-ring (bicyclic) bond motifs is 3. The molecule has 5 heterocycles. The third-order valence-corrected chi connectivity index (χ3v) is 15.0. The van der Waals surface area contributed by atoms with Crippen LogP contribution in [-0.2, 0) is 23.9 Å². The quantitative estimate of drug-likeness (QED) is 0.0904. The lowest BCUT2D eigenvalue weighted by atomic mass is 9.85. The highest BCUT2D eigenvalue weighted by molar-refractivity contribution is 7.15. The van der Waals surface area contributed by atoms with E-state index >= 15 is 0 Å². The number of carbonyl (C=O) groups excluding carboxylic acids is 4. The van der Waals surface area contributed by atoms with Gasteiger partial charge in [-0.3, -0.25) is 28.7 Å². The smallest absolute Gasteiger partial charge is 0.308 e. The fourth-order valence-electron chi connectivity index (χ4n) is 8.84. The number of nitrogens with zero attached hydrogens (tertiary/aromatic N) is 6. The van der Waals surface area contributed by atoms with Crippen LogP contribution < -0.4 is 15.4 Å². The summed E-state index contributed by atoms with van der Waals surface area (Å²) < 4.78 is 13.0. The minimum Gasteiger partial charge on any atom is -0.493 e. The summed E-state index contributed by atoms with van der Waals surface area (Å²) in [6, 6.07) is 20.9. The number of hydrogen-bond donors (Lipinski definition) is 3. The molecule has 0 saturated carbocycles. The van der Waals surface area contributed by atoms with E-state index in [0.717, 1.165) is 70.9 Å². The van der Waals surface area contributed by atoms with E-state index in [1.807, 2.05) is 124 Å². The van der Waals surface area contributed by atoms with Crippen molar-refractivity contribution in [2.75, 3.05) is 20.3 Å². The van der Waals surface area contributed by atoms with E-state index < -0.39 is 35.6 Å². The van der Waals surface area contributed by atoms with Crippen molar-refractivity contribution < 1.29 is 33.8 Å². The molecule has 0 spiro atoms. The van der Waals surface area contributed by atoms with E-state index in [1.165, 1.54) is 12.0 Å². The van der Waals surface area contributed by atoms with Crippen LogP contribution in [0.4, 0.5) is 0 Å². The number of aryl methyl sites for hydroxylation is 3. The fraction of sp³-hybridized carbons (Fsp3) is 0.385. The van der Waals surface area contributed by atoms with Crippen LogP contribution >= 0.6 is 22.7 Å². The summed E-state index contributed by atoms with van der Waals surface area (Å²) in [5.41, 5.74) is 9.72. The molecule has 5 atom stereocenters. The third-order valence-electron chi connectivity index (χ3n) is 12.8. The Balaban J connectivity index is 0.878. The van der Waals surface area contributed by atoms with E-state index in [-0.39, 0.29) is 56.2 Å². The molecule has 2 aliphatic rings. The molecule has 2 aliphatic heterocycles. The second-order valence-electron chi connectivity index (χ2n) is 18.8. The molecule has 3 aromatic carbocycles. The van der Waals surface area contributed by atoms with Crippen molar-refractivity contribution in [1.82, 2.24) is 35.3 Å². The number of thiazole rings is 1. The molecular formula is C52H58N8O7S2. The minimum atomic E-state index is -0.960. The number of carbonyl (C=O) groups is 4. The molecule has 6 aromatic rings. The van der Waals surface area contributed by atoms with Crippen LogP contribution in [0, 0.1) is 33.1 Å². The van der Waals surface area contributed by atoms with Crippen molar-refractivity contribution in [3.63, 3.8) is 0 Å². The number of aliphatic hydroxyl groups is 1.